The predicted octanol–water partition coefficient (Wildman–Crippen LogP) is 2.66. The minimum absolute atomic E-state index is 0.0557. The summed E-state index contributed by atoms with van der Waals surface area (Å²) in [6.07, 6.45) is 3.25. The highest BCUT2D eigenvalue weighted by Crippen LogP contribution is 2.47. The number of fused-ring (bicyclic) bond motifs is 1. The quantitative estimate of drug-likeness (QED) is 0.758. The van der Waals surface area contributed by atoms with E-state index in [1.165, 1.54) is 0 Å². The third-order valence-electron chi connectivity index (χ3n) is 7.37. The van der Waals surface area contributed by atoms with Gasteiger partial charge in [0, 0.05) is 26.2 Å². The number of ketones is 1. The number of morpholine rings is 1. The molecule has 4 aliphatic rings. The van der Waals surface area contributed by atoms with E-state index in [4.69, 9.17) is 9.47 Å². The molecular weight excluding hydrogens is 408 g/mol. The Kier molecular flexibility index (Phi) is 5.95. The lowest BCUT2D eigenvalue weighted by atomic mass is 9.74. The second kappa shape index (κ2) is 8.87. The van der Waals surface area contributed by atoms with Gasteiger partial charge in [0.2, 0.25) is 0 Å². The van der Waals surface area contributed by atoms with E-state index >= 15 is 0 Å². The second-order valence-corrected chi connectivity index (χ2v) is 9.59. The van der Waals surface area contributed by atoms with E-state index in [0.29, 0.717) is 18.0 Å². The van der Waals surface area contributed by atoms with Crippen LogP contribution in [0.3, 0.4) is 0 Å². The molecule has 5 rings (SSSR count). The van der Waals surface area contributed by atoms with E-state index < -0.39 is 6.04 Å². The number of Topliss-reactive ketones (excluding diaryl/α,β-unsaturated/α-hetero) is 1. The number of phenolic OH excluding ortho intramolecular Hbond substituents is 1. The average Bonchev–Trinajstić information content (AvgIpc) is 3.07. The van der Waals surface area contributed by atoms with E-state index in [1.807, 2.05) is 6.07 Å². The van der Waals surface area contributed by atoms with Crippen molar-refractivity contribution in [2.45, 2.75) is 44.8 Å². The Morgan fingerprint density at radius 2 is 1.94 bits per heavy atom. The molecule has 7 heteroatoms. The number of carbonyl (C=O) groups is 2. The van der Waals surface area contributed by atoms with Crippen LogP contribution in [0, 0.1) is 11.8 Å². The Morgan fingerprint density at radius 3 is 2.72 bits per heavy atom. The van der Waals surface area contributed by atoms with Gasteiger partial charge in [-0.05, 0) is 49.3 Å². The number of aromatic hydroxyl groups is 1. The van der Waals surface area contributed by atoms with Gasteiger partial charge in [0.05, 0.1) is 30.7 Å². The molecule has 3 aliphatic heterocycles. The Bertz CT molecular complexity index is 923. The molecule has 0 radical (unpaired) electrons. The molecule has 0 bridgehead atoms. The summed E-state index contributed by atoms with van der Waals surface area (Å²) in [4.78, 5) is 31.3. The summed E-state index contributed by atoms with van der Waals surface area (Å²) in [7, 11) is 0. The third kappa shape index (κ3) is 3.92. The van der Waals surface area contributed by atoms with Crippen LogP contribution in [-0.4, -0.2) is 72.1 Å². The van der Waals surface area contributed by atoms with Gasteiger partial charge in [-0.1, -0.05) is 19.1 Å². The van der Waals surface area contributed by atoms with Gasteiger partial charge in [0.1, 0.15) is 11.9 Å². The number of nitrogens with zero attached hydrogens (tertiary/aromatic N) is 2. The minimum Gasteiger partial charge on any atom is -0.508 e. The highest BCUT2D eigenvalue weighted by atomic mass is 16.5. The average molecular weight is 441 g/mol. The van der Waals surface area contributed by atoms with Crippen LogP contribution in [0.25, 0.3) is 0 Å². The molecule has 0 spiro atoms. The molecule has 1 aromatic carbocycles. The zero-order valence-electron chi connectivity index (χ0n) is 18.7. The smallest absolute Gasteiger partial charge is 0.290 e. The Hall–Kier alpha value is -2.38. The van der Waals surface area contributed by atoms with Gasteiger partial charge in [-0.15, -0.1) is 0 Å². The lowest BCUT2D eigenvalue weighted by Gasteiger charge is -2.37. The number of amides is 1. The van der Waals surface area contributed by atoms with E-state index in [2.05, 4.69) is 11.8 Å². The monoisotopic (exact) mass is 440 g/mol. The van der Waals surface area contributed by atoms with Crippen LogP contribution < -0.4 is 0 Å². The number of benzene rings is 1. The zero-order valence-corrected chi connectivity index (χ0v) is 18.7. The van der Waals surface area contributed by atoms with Crippen molar-refractivity contribution in [3.63, 3.8) is 0 Å². The van der Waals surface area contributed by atoms with Crippen molar-refractivity contribution < 1.29 is 24.2 Å². The van der Waals surface area contributed by atoms with Gasteiger partial charge in [0.25, 0.3) is 5.91 Å². The number of carbonyl (C=O) groups excluding carboxylic acids is 2. The molecule has 1 saturated carbocycles. The molecule has 1 aromatic rings. The van der Waals surface area contributed by atoms with Gasteiger partial charge >= 0.3 is 0 Å². The van der Waals surface area contributed by atoms with Crippen LogP contribution in [0.2, 0.25) is 0 Å². The lowest BCUT2D eigenvalue weighted by Crippen LogP contribution is -2.41. The summed E-state index contributed by atoms with van der Waals surface area (Å²) < 4.78 is 11.7. The number of hydrogen-bond donors (Lipinski definition) is 1. The fourth-order valence-corrected chi connectivity index (χ4v) is 5.69. The highest BCUT2D eigenvalue weighted by molar-refractivity contribution is 6.11. The van der Waals surface area contributed by atoms with E-state index in [1.54, 1.807) is 23.1 Å². The Labute approximate surface area is 189 Å². The van der Waals surface area contributed by atoms with Crippen LogP contribution >= 0.6 is 0 Å². The molecule has 1 amide bonds. The number of rotatable bonds is 5. The normalized spacial score (nSPS) is 30.8. The summed E-state index contributed by atoms with van der Waals surface area (Å²) in [5.41, 5.74) is 1.25. The van der Waals surface area contributed by atoms with Crippen LogP contribution in [0.1, 0.15) is 44.2 Å². The fraction of sp³-hybridized carbons (Fsp3) is 0.600. The molecule has 0 aromatic heterocycles. The van der Waals surface area contributed by atoms with Gasteiger partial charge in [0.15, 0.2) is 11.5 Å². The van der Waals surface area contributed by atoms with E-state index in [9.17, 15) is 14.7 Å². The minimum atomic E-state index is -0.500. The van der Waals surface area contributed by atoms with Crippen molar-refractivity contribution in [3.8, 4) is 5.75 Å². The number of hydrogen-bond acceptors (Lipinski definition) is 6. The standard InChI is InChI=1S/C25H32N2O5/c1-16-6-7-20-19(14-16)23(29)21-22(17-4-2-5-18(28)15-17)27(25(30)24(21)32-20)9-3-8-26-10-12-31-13-11-26/h2,4-5,15-16,19-20,22,28H,3,6-14H2,1H3. The first-order valence-electron chi connectivity index (χ1n) is 11.9. The molecule has 4 atom stereocenters. The maximum Gasteiger partial charge on any atom is 0.290 e. The van der Waals surface area contributed by atoms with Crippen LogP contribution in [0.15, 0.2) is 35.6 Å². The molecule has 1 aliphatic carbocycles. The molecular formula is C25H32N2O5. The maximum atomic E-state index is 13.7. The van der Waals surface area contributed by atoms with Crippen molar-refractivity contribution in [1.82, 2.24) is 9.80 Å². The fourth-order valence-electron chi connectivity index (χ4n) is 5.69. The maximum absolute atomic E-state index is 13.7. The summed E-state index contributed by atoms with van der Waals surface area (Å²) in [5.74, 6) is 0.530. The van der Waals surface area contributed by atoms with Crippen molar-refractivity contribution >= 4 is 11.7 Å². The number of phenols is 1. The van der Waals surface area contributed by atoms with E-state index in [0.717, 1.165) is 64.1 Å². The van der Waals surface area contributed by atoms with Crippen molar-refractivity contribution in [2.24, 2.45) is 11.8 Å². The summed E-state index contributed by atoms with van der Waals surface area (Å²) >= 11 is 0. The predicted molar refractivity (Wildman–Crippen MR) is 118 cm³/mol. The Morgan fingerprint density at radius 1 is 1.12 bits per heavy atom. The summed E-state index contributed by atoms with van der Waals surface area (Å²) in [5, 5.41) is 10.1. The van der Waals surface area contributed by atoms with Crippen LogP contribution in [-0.2, 0) is 19.1 Å². The molecule has 4 unspecified atom stereocenters. The largest absolute Gasteiger partial charge is 0.508 e. The van der Waals surface area contributed by atoms with Crippen molar-refractivity contribution in [3.05, 3.63) is 41.2 Å². The first kappa shape index (κ1) is 21.5. The third-order valence-corrected chi connectivity index (χ3v) is 7.37. The van der Waals surface area contributed by atoms with Crippen molar-refractivity contribution in [2.75, 3.05) is 39.4 Å². The molecule has 1 N–H and O–H groups in total. The van der Waals surface area contributed by atoms with Crippen LogP contribution in [0.5, 0.6) is 5.75 Å². The number of ether oxygens (including phenoxy) is 2. The zero-order chi connectivity index (χ0) is 22.2. The lowest BCUT2D eigenvalue weighted by molar-refractivity contribution is -0.136. The van der Waals surface area contributed by atoms with Gasteiger partial charge in [-0.3, -0.25) is 14.5 Å². The SMILES string of the molecule is CC1CCC2OC3=C(C(=O)C2C1)C(c1cccc(O)c1)N(CCCN1CCOCC1)C3=O. The second-order valence-electron chi connectivity index (χ2n) is 9.59. The van der Waals surface area contributed by atoms with Gasteiger partial charge in [-0.2, -0.15) is 0 Å². The van der Waals surface area contributed by atoms with Gasteiger partial charge < -0.3 is 19.5 Å². The highest BCUT2D eigenvalue weighted by Gasteiger charge is 2.52. The summed E-state index contributed by atoms with van der Waals surface area (Å²) in [6, 6.07) is 6.41. The van der Waals surface area contributed by atoms with Crippen LogP contribution in [0.4, 0.5) is 0 Å². The topological polar surface area (TPSA) is 79.3 Å². The molecule has 3 heterocycles. The van der Waals surface area contributed by atoms with Gasteiger partial charge in [-0.25, -0.2) is 0 Å². The van der Waals surface area contributed by atoms with E-state index in [-0.39, 0.29) is 35.2 Å². The van der Waals surface area contributed by atoms with Crippen molar-refractivity contribution in [1.29, 1.82) is 0 Å². The molecule has 2 fully saturated rings. The molecule has 172 valence electrons. The Balaban J connectivity index is 1.42. The molecule has 32 heavy (non-hydrogen) atoms. The summed E-state index contributed by atoms with van der Waals surface area (Å²) in [6.45, 7) is 6.89. The first-order valence-corrected chi connectivity index (χ1v) is 11.9. The molecule has 1 saturated heterocycles. The first-order chi connectivity index (χ1) is 15.5. The molecule has 7 nitrogen and oxygen atoms in total.